The van der Waals surface area contributed by atoms with E-state index in [4.69, 9.17) is 4.52 Å². The lowest BCUT2D eigenvalue weighted by Crippen LogP contribution is -2.37. The molecule has 0 aromatic rings. The van der Waals surface area contributed by atoms with Gasteiger partial charge < -0.3 is 23.9 Å². The molecule has 0 aromatic carbocycles. The zero-order chi connectivity index (χ0) is 6.62. The summed E-state index contributed by atoms with van der Waals surface area (Å²) in [5.41, 5.74) is 0. The average Bonchev–Trinajstić information content (AvgIpc) is 1.59. The quantitative estimate of drug-likeness (QED) is 0.413. The normalized spacial score (nSPS) is 10.7. The van der Waals surface area contributed by atoms with Crippen LogP contribution in [0.4, 0.5) is 0 Å². The Labute approximate surface area is 59.2 Å². The fraction of sp³-hybridized carbons (Fsp3) is 1.00. The molecule has 0 fully saturated rings. The molecule has 0 aliphatic heterocycles. The average molecular weight is 153 g/mol. The van der Waals surface area contributed by atoms with Gasteiger partial charge in [-0.3, -0.25) is 0 Å². The summed E-state index contributed by atoms with van der Waals surface area (Å²) < 4.78 is 5.66. The van der Waals surface area contributed by atoms with Gasteiger partial charge in [0, 0.05) is 0 Å². The van der Waals surface area contributed by atoms with Crippen molar-refractivity contribution in [3.05, 3.63) is 0 Å². The van der Waals surface area contributed by atoms with Crippen LogP contribution in [0.1, 0.15) is 0 Å². The van der Waals surface area contributed by atoms with E-state index in [0.717, 1.165) is 17.6 Å². The molecular formula is C5H16NO2P. The third kappa shape index (κ3) is 11.7. The number of hydrogen-bond donors (Lipinski definition) is 0. The van der Waals surface area contributed by atoms with Crippen LogP contribution in [-0.2, 0) is 4.52 Å². The smallest absolute Gasteiger partial charge is 0.0988 e. The largest absolute Gasteiger partial charge is 0.557 e. The lowest BCUT2D eigenvalue weighted by atomic mass is 10.5. The van der Waals surface area contributed by atoms with Crippen LogP contribution in [0.25, 0.3) is 0 Å². The summed E-state index contributed by atoms with van der Waals surface area (Å²) in [5, 5.41) is 0. The summed E-state index contributed by atoms with van der Waals surface area (Å²) in [6.07, 6.45) is 0. The van der Waals surface area contributed by atoms with Gasteiger partial charge in [-0.1, -0.05) is 0 Å². The first-order valence-electron chi connectivity index (χ1n) is 2.65. The van der Waals surface area contributed by atoms with Crippen LogP contribution < -0.4 is 0 Å². The summed E-state index contributed by atoms with van der Waals surface area (Å²) in [5.74, 6) is 0. The van der Waals surface area contributed by atoms with Gasteiger partial charge in [0.15, 0.2) is 0 Å². The highest BCUT2D eigenvalue weighted by Crippen LogP contribution is 1.91. The van der Waals surface area contributed by atoms with Crippen molar-refractivity contribution >= 4 is 9.47 Å². The minimum atomic E-state index is 0. The Balaban J connectivity index is 0. The van der Waals surface area contributed by atoms with E-state index in [1.54, 1.807) is 0 Å². The number of likely N-dealkylation sites (N-methyl/N-ethyl adjacent to an activating group) is 1. The van der Waals surface area contributed by atoms with Gasteiger partial charge in [-0.15, -0.1) is 0 Å². The standard InChI is InChI=1S/C5H14NOP.H2O/c1-6(2,3)4-5-7-8;/h8H,4-5H2,1-3H3;1H2. The lowest BCUT2D eigenvalue weighted by Gasteiger charge is -2.24. The molecular weight excluding hydrogens is 137 g/mol. The van der Waals surface area contributed by atoms with Crippen molar-refractivity contribution in [2.45, 2.75) is 0 Å². The van der Waals surface area contributed by atoms with E-state index in [9.17, 15) is 0 Å². The van der Waals surface area contributed by atoms with Crippen LogP contribution in [0.15, 0.2) is 0 Å². The van der Waals surface area contributed by atoms with Gasteiger partial charge in [0.2, 0.25) is 0 Å². The van der Waals surface area contributed by atoms with E-state index >= 15 is 0 Å². The lowest BCUT2D eigenvalue weighted by molar-refractivity contribution is -0.870. The second-order valence-corrected chi connectivity index (χ2v) is 3.15. The van der Waals surface area contributed by atoms with Crippen molar-refractivity contribution in [2.75, 3.05) is 34.3 Å². The Morgan fingerprint density at radius 1 is 1.33 bits per heavy atom. The predicted molar refractivity (Wildman–Crippen MR) is 40.8 cm³/mol. The van der Waals surface area contributed by atoms with E-state index in [1.807, 2.05) is 0 Å². The Morgan fingerprint density at radius 3 is 1.89 bits per heavy atom. The van der Waals surface area contributed by atoms with E-state index in [2.05, 4.69) is 30.6 Å². The Kier molecular flexibility index (Phi) is 6.85. The molecule has 0 saturated carbocycles. The van der Waals surface area contributed by atoms with Crippen molar-refractivity contribution in [1.29, 1.82) is 0 Å². The highest BCUT2D eigenvalue weighted by atomic mass is 31.0. The highest BCUT2D eigenvalue weighted by Gasteiger charge is 2.02. The summed E-state index contributed by atoms with van der Waals surface area (Å²) >= 11 is 0. The Morgan fingerprint density at radius 2 is 1.78 bits per heavy atom. The fourth-order valence-electron chi connectivity index (χ4n) is 0.320. The maximum Gasteiger partial charge on any atom is 0.0988 e. The van der Waals surface area contributed by atoms with Gasteiger partial charge in [-0.25, -0.2) is 0 Å². The molecule has 0 unspecified atom stereocenters. The molecule has 0 aliphatic carbocycles. The van der Waals surface area contributed by atoms with Crippen molar-refractivity contribution < 1.29 is 14.5 Å². The van der Waals surface area contributed by atoms with Gasteiger partial charge >= 0.3 is 0 Å². The molecule has 0 aromatic heterocycles. The monoisotopic (exact) mass is 153 g/mol. The summed E-state index contributed by atoms with van der Waals surface area (Å²) in [7, 11) is 9.33. The zero-order valence-electron chi connectivity index (χ0n) is 6.27. The van der Waals surface area contributed by atoms with E-state index < -0.39 is 0 Å². The third-order valence-electron chi connectivity index (χ3n) is 0.864. The highest BCUT2D eigenvalue weighted by molar-refractivity contribution is 7.09. The van der Waals surface area contributed by atoms with Gasteiger partial charge in [-0.05, 0) is 0 Å². The second-order valence-electron chi connectivity index (χ2n) is 2.86. The van der Waals surface area contributed by atoms with Gasteiger partial charge in [0.05, 0.1) is 34.3 Å². The number of quaternary nitrogens is 1. The molecule has 0 radical (unpaired) electrons. The van der Waals surface area contributed by atoms with Crippen LogP contribution in [-0.4, -0.2) is 44.3 Å². The van der Waals surface area contributed by atoms with Crippen molar-refractivity contribution in [3.8, 4) is 0 Å². The fourth-order valence-corrected chi connectivity index (χ4v) is 0.411. The summed E-state index contributed by atoms with van der Waals surface area (Å²) in [6, 6.07) is 0. The third-order valence-corrected chi connectivity index (χ3v) is 1.07. The first kappa shape index (κ1) is 12.0. The SMILES string of the molecule is C[N+](C)(C)CCO[PH-].O. The van der Waals surface area contributed by atoms with Crippen LogP contribution in [0.5, 0.6) is 0 Å². The van der Waals surface area contributed by atoms with E-state index in [1.165, 1.54) is 0 Å². The summed E-state index contributed by atoms with van der Waals surface area (Å²) in [6.45, 7) is 1.80. The first-order valence-corrected chi connectivity index (χ1v) is 3.06. The molecule has 0 amide bonds. The van der Waals surface area contributed by atoms with Crippen molar-refractivity contribution in [1.82, 2.24) is 0 Å². The molecule has 0 heterocycles. The molecule has 0 aliphatic rings. The van der Waals surface area contributed by atoms with Crippen molar-refractivity contribution in [2.24, 2.45) is 0 Å². The Hall–Kier alpha value is 0.310. The van der Waals surface area contributed by atoms with Crippen LogP contribution in [0, 0.1) is 0 Å². The molecule has 9 heavy (non-hydrogen) atoms. The second kappa shape index (κ2) is 5.12. The van der Waals surface area contributed by atoms with Gasteiger partial charge in [0.25, 0.3) is 0 Å². The van der Waals surface area contributed by atoms with E-state index in [0.29, 0.717) is 0 Å². The van der Waals surface area contributed by atoms with Crippen molar-refractivity contribution in [3.63, 3.8) is 0 Å². The van der Waals surface area contributed by atoms with Crippen LogP contribution >= 0.6 is 9.47 Å². The van der Waals surface area contributed by atoms with Gasteiger partial charge in [-0.2, -0.15) is 0 Å². The molecule has 58 valence electrons. The molecule has 3 nitrogen and oxygen atoms in total. The number of hydrogen-bond acceptors (Lipinski definition) is 1. The maximum atomic E-state index is 4.71. The summed E-state index contributed by atoms with van der Waals surface area (Å²) in [4.78, 5) is 0. The van der Waals surface area contributed by atoms with Gasteiger partial charge in [0.1, 0.15) is 0 Å². The van der Waals surface area contributed by atoms with Crippen LogP contribution in [0.2, 0.25) is 0 Å². The minimum absolute atomic E-state index is 0. The molecule has 0 atom stereocenters. The molecule has 0 bridgehead atoms. The molecule has 0 rings (SSSR count). The van der Waals surface area contributed by atoms with Crippen LogP contribution in [0.3, 0.4) is 0 Å². The molecule has 0 saturated heterocycles. The number of rotatable bonds is 3. The minimum Gasteiger partial charge on any atom is -0.557 e. The molecule has 0 spiro atoms. The molecule has 4 heteroatoms. The maximum absolute atomic E-state index is 4.71. The number of nitrogens with zero attached hydrogens (tertiary/aromatic N) is 1. The zero-order valence-corrected chi connectivity index (χ0v) is 7.27. The van der Waals surface area contributed by atoms with E-state index in [-0.39, 0.29) is 5.48 Å². The molecule has 2 N–H and O–H groups in total. The topological polar surface area (TPSA) is 40.7 Å². The first-order chi connectivity index (χ1) is 3.56. The Bertz CT molecular complexity index is 62.5. The predicted octanol–water partition coefficient (Wildman–Crippen LogP) is -0.0577.